The van der Waals surface area contributed by atoms with E-state index in [1.165, 1.54) is 30.5 Å². The Hall–Kier alpha value is -4.99. The fourth-order valence-corrected chi connectivity index (χ4v) is 4.00. The van der Waals surface area contributed by atoms with E-state index in [9.17, 15) is 23.6 Å². The molecule has 1 aliphatic heterocycles. The third-order valence-electron chi connectivity index (χ3n) is 5.67. The van der Waals surface area contributed by atoms with Gasteiger partial charge in [0.1, 0.15) is 23.7 Å². The number of nitrogens with one attached hydrogen (secondary N) is 2. The minimum atomic E-state index is -1.04. The van der Waals surface area contributed by atoms with Gasteiger partial charge in [-0.1, -0.05) is 30.3 Å². The molecule has 0 aliphatic carbocycles. The molecule has 0 unspecified atom stereocenters. The molecular formula is C26H19FN4O5. The minimum absolute atomic E-state index is 0.0234. The van der Waals surface area contributed by atoms with Crippen molar-refractivity contribution < 1.29 is 28.0 Å². The van der Waals surface area contributed by atoms with Crippen LogP contribution in [0.25, 0.3) is 17.0 Å². The number of rotatable bonds is 6. The monoisotopic (exact) mass is 486 g/mol. The number of anilines is 1. The molecule has 0 spiro atoms. The van der Waals surface area contributed by atoms with Gasteiger partial charge in [-0.05, 0) is 36.4 Å². The average Bonchev–Trinajstić information content (AvgIpc) is 3.50. The highest BCUT2D eigenvalue weighted by molar-refractivity contribution is 6.39. The van der Waals surface area contributed by atoms with Crippen LogP contribution in [0.4, 0.5) is 14.9 Å². The highest BCUT2D eigenvalue weighted by atomic mass is 19.1. The number of imide groups is 2. The molecule has 1 aliphatic rings. The molecule has 2 aromatic carbocycles. The number of aromatic nitrogens is 1. The third kappa shape index (κ3) is 4.27. The van der Waals surface area contributed by atoms with E-state index in [0.717, 1.165) is 6.07 Å². The molecule has 9 nitrogen and oxygen atoms in total. The number of hydrogen-bond acceptors (Lipinski definition) is 5. The van der Waals surface area contributed by atoms with E-state index < -0.39 is 23.7 Å². The summed E-state index contributed by atoms with van der Waals surface area (Å²) in [5.74, 6) is -2.30. The Morgan fingerprint density at radius 3 is 2.58 bits per heavy atom. The second kappa shape index (κ2) is 9.34. The van der Waals surface area contributed by atoms with Crippen LogP contribution in [0.1, 0.15) is 11.3 Å². The topological polar surface area (TPSA) is 114 Å². The maximum atomic E-state index is 14.3. The Morgan fingerprint density at radius 2 is 1.81 bits per heavy atom. The highest BCUT2D eigenvalue weighted by Crippen LogP contribution is 2.27. The van der Waals surface area contributed by atoms with Crippen LogP contribution < -0.4 is 15.5 Å². The SMILES string of the molecule is O=C(Cn1cc(/C=C2\C(=O)NC(=O)N(c3ccccc3F)C2=O)c2ccccc21)NCc1ccco1. The van der Waals surface area contributed by atoms with Crippen LogP contribution in [-0.4, -0.2) is 28.3 Å². The number of halogens is 1. The summed E-state index contributed by atoms with van der Waals surface area (Å²) in [4.78, 5) is 51.2. The number of para-hydroxylation sites is 2. The summed E-state index contributed by atoms with van der Waals surface area (Å²) in [5.41, 5.74) is 0.561. The lowest BCUT2D eigenvalue weighted by molar-refractivity contribution is -0.123. The van der Waals surface area contributed by atoms with Gasteiger partial charge in [0, 0.05) is 22.7 Å². The van der Waals surface area contributed by atoms with Crippen molar-refractivity contribution in [1.29, 1.82) is 0 Å². The summed E-state index contributed by atoms with van der Waals surface area (Å²) in [6.07, 6.45) is 4.48. The highest BCUT2D eigenvalue weighted by Gasteiger charge is 2.38. The molecule has 5 amide bonds. The van der Waals surface area contributed by atoms with Gasteiger partial charge in [-0.3, -0.25) is 19.7 Å². The number of fused-ring (bicyclic) bond motifs is 1. The van der Waals surface area contributed by atoms with Crippen LogP contribution in [0.3, 0.4) is 0 Å². The first kappa shape index (κ1) is 22.8. The van der Waals surface area contributed by atoms with Gasteiger partial charge in [0.05, 0.1) is 18.5 Å². The van der Waals surface area contributed by atoms with E-state index in [-0.39, 0.29) is 30.3 Å². The van der Waals surface area contributed by atoms with Gasteiger partial charge in [0.25, 0.3) is 11.8 Å². The predicted octanol–water partition coefficient (Wildman–Crippen LogP) is 3.36. The Labute approximate surface area is 203 Å². The summed E-state index contributed by atoms with van der Waals surface area (Å²) in [6.45, 7) is 0.209. The van der Waals surface area contributed by atoms with Crippen LogP contribution >= 0.6 is 0 Å². The molecule has 2 N–H and O–H groups in total. The second-order valence-corrected chi connectivity index (χ2v) is 7.99. The van der Waals surface area contributed by atoms with E-state index in [4.69, 9.17) is 4.42 Å². The Kier molecular flexibility index (Phi) is 5.91. The number of nitrogens with zero attached hydrogens (tertiary/aromatic N) is 2. The Morgan fingerprint density at radius 1 is 1.03 bits per heavy atom. The summed E-state index contributed by atoms with van der Waals surface area (Å²) in [5, 5.41) is 5.54. The van der Waals surface area contributed by atoms with Crippen molar-refractivity contribution in [2.45, 2.75) is 13.1 Å². The molecule has 5 rings (SSSR count). The number of hydrogen-bond donors (Lipinski definition) is 2. The van der Waals surface area contributed by atoms with Crippen LogP contribution in [0.15, 0.2) is 83.1 Å². The predicted molar refractivity (Wildman–Crippen MR) is 128 cm³/mol. The van der Waals surface area contributed by atoms with Gasteiger partial charge >= 0.3 is 6.03 Å². The van der Waals surface area contributed by atoms with Gasteiger partial charge < -0.3 is 14.3 Å². The first-order chi connectivity index (χ1) is 17.4. The van der Waals surface area contributed by atoms with E-state index >= 15 is 0 Å². The number of carbonyl (C=O) groups is 4. The first-order valence-corrected chi connectivity index (χ1v) is 11.0. The van der Waals surface area contributed by atoms with Gasteiger partial charge in [0.2, 0.25) is 5.91 Å². The largest absolute Gasteiger partial charge is 0.467 e. The lowest BCUT2D eigenvalue weighted by atomic mass is 10.1. The number of carbonyl (C=O) groups excluding carboxylic acids is 4. The molecule has 2 aromatic heterocycles. The van der Waals surface area contributed by atoms with Crippen molar-refractivity contribution in [2.75, 3.05) is 4.90 Å². The van der Waals surface area contributed by atoms with Crippen molar-refractivity contribution in [2.24, 2.45) is 0 Å². The van der Waals surface area contributed by atoms with Crippen LogP contribution in [-0.2, 0) is 27.5 Å². The molecule has 10 heteroatoms. The zero-order valence-electron chi connectivity index (χ0n) is 18.7. The van der Waals surface area contributed by atoms with Crippen molar-refractivity contribution in [3.63, 3.8) is 0 Å². The molecular weight excluding hydrogens is 467 g/mol. The van der Waals surface area contributed by atoms with Crippen molar-refractivity contribution in [3.05, 3.63) is 95.8 Å². The van der Waals surface area contributed by atoms with Gasteiger partial charge in [0.15, 0.2) is 0 Å². The number of urea groups is 1. The van der Waals surface area contributed by atoms with E-state index in [1.807, 2.05) is 0 Å². The van der Waals surface area contributed by atoms with Crippen LogP contribution in [0.5, 0.6) is 0 Å². The molecule has 1 saturated heterocycles. The van der Waals surface area contributed by atoms with Crippen molar-refractivity contribution >= 4 is 46.4 Å². The standard InChI is InChI=1S/C26H19FN4O5/c27-20-8-2-4-10-22(20)31-25(34)19(24(33)29-26(31)35)12-16-14-30(21-9-3-1-7-18(16)21)15-23(32)28-13-17-6-5-11-36-17/h1-12,14H,13,15H2,(H,28,32)(H,29,33,35)/b19-12+. The van der Waals surface area contributed by atoms with Gasteiger partial charge in [-0.25, -0.2) is 14.1 Å². The molecule has 180 valence electrons. The molecule has 0 saturated carbocycles. The molecule has 36 heavy (non-hydrogen) atoms. The Bertz CT molecular complexity index is 1540. The first-order valence-electron chi connectivity index (χ1n) is 11.0. The molecule has 3 heterocycles. The summed E-state index contributed by atoms with van der Waals surface area (Å²) < 4.78 is 21.2. The van der Waals surface area contributed by atoms with Gasteiger partial charge in [-0.15, -0.1) is 0 Å². The van der Waals surface area contributed by atoms with Crippen LogP contribution in [0.2, 0.25) is 0 Å². The summed E-state index contributed by atoms with van der Waals surface area (Å²) >= 11 is 0. The van der Waals surface area contributed by atoms with Crippen molar-refractivity contribution in [3.8, 4) is 0 Å². The van der Waals surface area contributed by atoms with E-state index in [0.29, 0.717) is 27.1 Å². The number of barbiturate groups is 1. The van der Waals surface area contributed by atoms with E-state index in [1.54, 1.807) is 47.2 Å². The van der Waals surface area contributed by atoms with Crippen LogP contribution in [0, 0.1) is 5.82 Å². The maximum Gasteiger partial charge on any atom is 0.336 e. The molecule has 0 atom stereocenters. The van der Waals surface area contributed by atoms with Gasteiger partial charge in [-0.2, -0.15) is 0 Å². The Balaban J connectivity index is 1.47. The summed E-state index contributed by atoms with van der Waals surface area (Å²) in [6, 6.07) is 14.9. The fraction of sp³-hybridized carbons (Fsp3) is 0.0769. The molecule has 1 fully saturated rings. The number of amides is 5. The summed E-state index contributed by atoms with van der Waals surface area (Å²) in [7, 11) is 0. The second-order valence-electron chi connectivity index (χ2n) is 7.99. The normalized spacial score (nSPS) is 15.0. The fourth-order valence-electron chi connectivity index (χ4n) is 4.00. The lowest BCUT2D eigenvalue weighted by Crippen LogP contribution is -2.54. The molecule has 0 bridgehead atoms. The lowest BCUT2D eigenvalue weighted by Gasteiger charge is -2.26. The smallest absolute Gasteiger partial charge is 0.336 e. The molecule has 4 aromatic rings. The minimum Gasteiger partial charge on any atom is -0.467 e. The zero-order valence-corrected chi connectivity index (χ0v) is 18.7. The zero-order chi connectivity index (χ0) is 25.2. The average molecular weight is 486 g/mol. The molecule has 0 radical (unpaired) electrons. The third-order valence-corrected chi connectivity index (χ3v) is 5.67. The quantitative estimate of drug-likeness (QED) is 0.321. The van der Waals surface area contributed by atoms with Crippen molar-refractivity contribution in [1.82, 2.24) is 15.2 Å². The number of benzene rings is 2. The maximum absolute atomic E-state index is 14.3. The van der Waals surface area contributed by atoms with E-state index in [2.05, 4.69) is 10.6 Å². The number of furan rings is 1.